The zero-order valence-corrected chi connectivity index (χ0v) is 11.6. The molecule has 0 radical (unpaired) electrons. The van der Waals surface area contributed by atoms with E-state index >= 15 is 0 Å². The van der Waals surface area contributed by atoms with Gasteiger partial charge in [-0.3, -0.25) is 0 Å². The highest BCUT2D eigenvalue weighted by atomic mass is 32.1. The number of rotatable bonds is 6. The summed E-state index contributed by atoms with van der Waals surface area (Å²) in [5, 5.41) is 8.90. The summed E-state index contributed by atoms with van der Waals surface area (Å²) in [6.45, 7) is 4.45. The van der Waals surface area contributed by atoms with Gasteiger partial charge in [0.25, 0.3) is 0 Å². The summed E-state index contributed by atoms with van der Waals surface area (Å²) in [6, 6.07) is 1.51. The maximum atomic E-state index is 10.9. The lowest BCUT2D eigenvalue weighted by Gasteiger charge is -2.01. The molecule has 19 heavy (non-hydrogen) atoms. The molecule has 2 rings (SSSR count). The maximum Gasteiger partial charge on any atom is 0.339 e. The maximum absolute atomic E-state index is 10.9. The lowest BCUT2D eigenvalue weighted by atomic mass is 10.2. The Morgan fingerprint density at radius 2 is 2.32 bits per heavy atom. The highest BCUT2D eigenvalue weighted by Crippen LogP contribution is 2.16. The molecule has 5 nitrogen and oxygen atoms in total. The van der Waals surface area contributed by atoms with E-state index < -0.39 is 5.97 Å². The topological polar surface area (TPSA) is 72.6 Å². The van der Waals surface area contributed by atoms with Crippen LogP contribution in [0.4, 0.5) is 0 Å². The number of carbonyl (C=O) groups is 1. The third kappa shape index (κ3) is 3.42. The van der Waals surface area contributed by atoms with Crippen molar-refractivity contribution in [1.29, 1.82) is 0 Å². The molecule has 0 aliphatic rings. The predicted molar refractivity (Wildman–Crippen MR) is 70.6 cm³/mol. The number of carboxylic acid groups (broad SMARTS) is 1. The molecule has 0 amide bonds. The first-order valence-electron chi connectivity index (χ1n) is 5.87. The van der Waals surface area contributed by atoms with Gasteiger partial charge in [-0.2, -0.15) is 0 Å². The van der Waals surface area contributed by atoms with Crippen molar-refractivity contribution < 1.29 is 19.1 Å². The Bertz CT molecular complexity index is 573. The molecule has 2 aromatic rings. The second kappa shape index (κ2) is 5.99. The minimum Gasteiger partial charge on any atom is -0.478 e. The Kier molecular flexibility index (Phi) is 4.34. The van der Waals surface area contributed by atoms with Crippen LogP contribution in [-0.2, 0) is 17.8 Å². The van der Waals surface area contributed by atoms with Crippen molar-refractivity contribution in [3.8, 4) is 0 Å². The molecule has 1 N–H and O–H groups in total. The minimum absolute atomic E-state index is 0.192. The lowest BCUT2D eigenvalue weighted by molar-refractivity contribution is 0.0695. The van der Waals surface area contributed by atoms with Crippen LogP contribution in [0.5, 0.6) is 0 Å². The Morgan fingerprint density at radius 3 is 2.89 bits per heavy atom. The molecule has 0 aliphatic heterocycles. The van der Waals surface area contributed by atoms with Crippen LogP contribution < -0.4 is 0 Å². The van der Waals surface area contributed by atoms with E-state index in [2.05, 4.69) is 4.98 Å². The van der Waals surface area contributed by atoms with Crippen LogP contribution in [-0.4, -0.2) is 22.7 Å². The monoisotopic (exact) mass is 281 g/mol. The van der Waals surface area contributed by atoms with Gasteiger partial charge in [0.2, 0.25) is 0 Å². The van der Waals surface area contributed by atoms with Gasteiger partial charge in [0.05, 0.1) is 17.8 Å². The van der Waals surface area contributed by atoms with E-state index in [9.17, 15) is 4.79 Å². The van der Waals surface area contributed by atoms with E-state index in [-0.39, 0.29) is 12.2 Å². The molecule has 102 valence electrons. The highest BCUT2D eigenvalue weighted by Gasteiger charge is 2.13. The third-order valence-electron chi connectivity index (χ3n) is 2.76. The number of furan rings is 1. The Labute approximate surface area is 114 Å². The van der Waals surface area contributed by atoms with Gasteiger partial charge >= 0.3 is 5.97 Å². The molecule has 2 heterocycles. The molecule has 2 aromatic heterocycles. The van der Waals surface area contributed by atoms with E-state index in [1.807, 2.05) is 12.4 Å². The van der Waals surface area contributed by atoms with E-state index in [0.717, 1.165) is 12.1 Å². The van der Waals surface area contributed by atoms with Crippen molar-refractivity contribution in [2.45, 2.75) is 26.9 Å². The van der Waals surface area contributed by atoms with Crippen molar-refractivity contribution in [2.24, 2.45) is 0 Å². The van der Waals surface area contributed by atoms with Gasteiger partial charge in [-0.15, -0.1) is 11.3 Å². The molecule has 0 saturated carbocycles. The molecule has 0 bridgehead atoms. The van der Waals surface area contributed by atoms with Crippen molar-refractivity contribution in [1.82, 2.24) is 4.98 Å². The second-order valence-corrected chi connectivity index (χ2v) is 5.09. The van der Waals surface area contributed by atoms with Crippen molar-refractivity contribution in [3.63, 3.8) is 0 Å². The largest absolute Gasteiger partial charge is 0.478 e. The molecule has 0 unspecified atom stereocenters. The average molecular weight is 281 g/mol. The molecule has 0 atom stereocenters. The van der Waals surface area contributed by atoms with Gasteiger partial charge in [-0.1, -0.05) is 0 Å². The minimum atomic E-state index is -0.979. The quantitative estimate of drug-likeness (QED) is 0.824. The van der Waals surface area contributed by atoms with Gasteiger partial charge in [0.15, 0.2) is 0 Å². The number of nitrogens with zero attached hydrogens (tertiary/aromatic N) is 1. The summed E-state index contributed by atoms with van der Waals surface area (Å²) in [4.78, 5) is 16.2. The van der Waals surface area contributed by atoms with Gasteiger partial charge in [0.1, 0.15) is 23.7 Å². The summed E-state index contributed by atoms with van der Waals surface area (Å²) < 4.78 is 10.8. The van der Waals surface area contributed by atoms with Gasteiger partial charge in [-0.25, -0.2) is 9.78 Å². The van der Waals surface area contributed by atoms with Crippen LogP contribution in [0.3, 0.4) is 0 Å². The highest BCUT2D eigenvalue weighted by molar-refractivity contribution is 7.09. The molecule has 0 saturated heterocycles. The first-order chi connectivity index (χ1) is 9.08. The van der Waals surface area contributed by atoms with Crippen molar-refractivity contribution in [2.75, 3.05) is 6.61 Å². The normalized spacial score (nSPS) is 10.8. The lowest BCUT2D eigenvalue weighted by Crippen LogP contribution is -1.98. The first-order valence-corrected chi connectivity index (χ1v) is 6.75. The number of carboxylic acids is 1. The summed E-state index contributed by atoms with van der Waals surface area (Å²) in [5.74, 6) is -0.0342. The number of aromatic carboxylic acids is 1. The fraction of sp³-hybridized carbons (Fsp3) is 0.385. The number of hydrogen-bond acceptors (Lipinski definition) is 5. The van der Waals surface area contributed by atoms with Gasteiger partial charge in [0, 0.05) is 11.3 Å². The van der Waals surface area contributed by atoms with Crippen LogP contribution in [0.2, 0.25) is 0 Å². The average Bonchev–Trinajstić information content (AvgIpc) is 2.91. The van der Waals surface area contributed by atoms with Crippen LogP contribution in [0.1, 0.15) is 32.4 Å². The van der Waals surface area contributed by atoms with E-state index in [4.69, 9.17) is 14.3 Å². The Hall–Kier alpha value is -1.66. The number of ether oxygens (including phenoxy) is 1. The number of hydrogen-bond donors (Lipinski definition) is 1. The molecular formula is C13H15NO4S. The van der Waals surface area contributed by atoms with Crippen LogP contribution in [0.15, 0.2) is 16.0 Å². The Morgan fingerprint density at radius 1 is 1.53 bits per heavy atom. The summed E-state index contributed by atoms with van der Waals surface area (Å²) in [6.07, 6.45) is 0.808. The predicted octanol–water partition coefficient (Wildman–Crippen LogP) is 2.81. The second-order valence-electron chi connectivity index (χ2n) is 4.15. The molecular weight excluding hydrogens is 266 g/mol. The Balaban J connectivity index is 1.81. The molecule has 6 heteroatoms. The van der Waals surface area contributed by atoms with E-state index in [0.29, 0.717) is 18.1 Å². The van der Waals surface area contributed by atoms with Crippen molar-refractivity contribution in [3.05, 3.63) is 39.2 Å². The SMILES string of the molecule is Cc1ncsc1CCOCc1cc(C(=O)O)c(C)o1. The first kappa shape index (κ1) is 13.8. The zero-order valence-electron chi connectivity index (χ0n) is 10.8. The molecule has 0 aromatic carbocycles. The number of aryl methyl sites for hydroxylation is 2. The van der Waals surface area contributed by atoms with Crippen LogP contribution >= 0.6 is 11.3 Å². The standard InChI is InChI=1S/C13H15NO4S/c1-8-12(19-7-14-8)3-4-17-6-10-5-11(13(15)16)9(2)18-10/h5,7H,3-4,6H2,1-2H3,(H,15,16). The number of aromatic nitrogens is 1. The summed E-state index contributed by atoms with van der Waals surface area (Å²) in [7, 11) is 0. The fourth-order valence-corrected chi connectivity index (χ4v) is 2.49. The summed E-state index contributed by atoms with van der Waals surface area (Å²) >= 11 is 1.61. The van der Waals surface area contributed by atoms with Crippen molar-refractivity contribution >= 4 is 17.3 Å². The van der Waals surface area contributed by atoms with E-state index in [1.54, 1.807) is 18.3 Å². The van der Waals surface area contributed by atoms with Crippen LogP contribution in [0, 0.1) is 13.8 Å². The zero-order chi connectivity index (χ0) is 13.8. The smallest absolute Gasteiger partial charge is 0.339 e. The summed E-state index contributed by atoms with van der Waals surface area (Å²) in [5.41, 5.74) is 3.05. The fourth-order valence-electron chi connectivity index (χ4n) is 1.73. The molecule has 0 aliphatic carbocycles. The van der Waals surface area contributed by atoms with Crippen LogP contribution in [0.25, 0.3) is 0 Å². The van der Waals surface area contributed by atoms with Gasteiger partial charge in [-0.05, 0) is 19.9 Å². The molecule has 0 spiro atoms. The van der Waals surface area contributed by atoms with E-state index in [1.165, 1.54) is 10.9 Å². The van der Waals surface area contributed by atoms with Gasteiger partial charge < -0.3 is 14.3 Å². The molecule has 0 fully saturated rings. The third-order valence-corrected chi connectivity index (χ3v) is 3.76. The number of thiazole rings is 1.